The van der Waals surface area contributed by atoms with E-state index >= 15 is 0 Å². The standard InChI is InChI=1S/C23H38N2O5.C15H24N2O3.C8H14O3/c1-22(2,3)30-21(27)25-19(16-18-10-6-5-7-11-18)20(26)17-24-13-9-8-12-23(4)28-14-15-29-23;1-15(2,3)20-14(19)17-12(13(18)10-16)9-11-7-5-4-6-8-11;1-8(4-2-3-5-9)10-6-7-11-8/h5-7,10-11,19-20,24,26H,8-9,12-17H2,1-4H3,(H,25,27);4-8,12-13,18H,9-10,16H2,1-3H3,(H,17,19);5H,2-4,6-7H2,1H3/t19-,20?;12-,13?;/m00./s1. The number of aliphatic hydroxyl groups is 2. The van der Waals surface area contributed by atoms with Crippen molar-refractivity contribution in [2.24, 2.45) is 5.73 Å². The third-order valence-electron chi connectivity index (χ3n) is 9.51. The Labute approximate surface area is 364 Å². The van der Waals surface area contributed by atoms with Gasteiger partial charge in [-0.15, -0.1) is 0 Å². The van der Waals surface area contributed by atoms with Gasteiger partial charge < -0.3 is 65.1 Å². The molecule has 2 heterocycles. The van der Waals surface area contributed by atoms with Gasteiger partial charge in [0.25, 0.3) is 0 Å². The van der Waals surface area contributed by atoms with E-state index in [-0.39, 0.29) is 6.54 Å². The lowest BCUT2D eigenvalue weighted by molar-refractivity contribution is -0.148. The van der Waals surface area contributed by atoms with Gasteiger partial charge in [-0.2, -0.15) is 0 Å². The summed E-state index contributed by atoms with van der Waals surface area (Å²) in [6.45, 7) is 18.6. The van der Waals surface area contributed by atoms with Crippen LogP contribution in [0.4, 0.5) is 9.59 Å². The van der Waals surface area contributed by atoms with Crippen LogP contribution in [-0.2, 0) is 46.1 Å². The van der Waals surface area contributed by atoms with Gasteiger partial charge in [0, 0.05) is 32.4 Å². The Morgan fingerprint density at radius 2 is 1.11 bits per heavy atom. The van der Waals surface area contributed by atoms with Crippen molar-refractivity contribution >= 4 is 18.5 Å². The van der Waals surface area contributed by atoms with Crippen molar-refractivity contribution in [1.82, 2.24) is 16.0 Å². The van der Waals surface area contributed by atoms with Crippen LogP contribution in [0.3, 0.4) is 0 Å². The lowest BCUT2D eigenvalue weighted by Crippen LogP contribution is -2.50. The first-order chi connectivity index (χ1) is 28.8. The molecular weight excluding hydrogens is 785 g/mol. The maximum Gasteiger partial charge on any atom is 0.407 e. The van der Waals surface area contributed by atoms with Gasteiger partial charge >= 0.3 is 12.2 Å². The topological polar surface area (TPSA) is 209 Å². The molecule has 0 aliphatic carbocycles. The zero-order chi connectivity index (χ0) is 45.4. The van der Waals surface area contributed by atoms with E-state index in [2.05, 4.69) is 16.0 Å². The summed E-state index contributed by atoms with van der Waals surface area (Å²) in [6.07, 6.45) is 4.37. The van der Waals surface area contributed by atoms with Gasteiger partial charge in [0.1, 0.15) is 17.5 Å². The highest BCUT2D eigenvalue weighted by Crippen LogP contribution is 2.25. The fourth-order valence-electron chi connectivity index (χ4n) is 6.38. The molecule has 2 aliphatic heterocycles. The van der Waals surface area contributed by atoms with Crippen molar-refractivity contribution in [1.29, 1.82) is 0 Å². The Morgan fingerprint density at radius 3 is 1.51 bits per heavy atom. The predicted octanol–water partition coefficient (Wildman–Crippen LogP) is 5.57. The minimum Gasteiger partial charge on any atom is -0.444 e. The van der Waals surface area contributed by atoms with E-state index in [1.54, 1.807) is 20.8 Å². The van der Waals surface area contributed by atoms with Crippen LogP contribution in [0.15, 0.2) is 60.7 Å². The van der Waals surface area contributed by atoms with E-state index in [1.165, 1.54) is 0 Å². The number of carbonyl (C=O) groups is 3. The molecule has 2 aromatic rings. The van der Waals surface area contributed by atoms with Gasteiger partial charge in [0.05, 0.1) is 50.7 Å². The average molecular weight is 861 g/mol. The lowest BCUT2D eigenvalue weighted by atomic mass is 10.0. The van der Waals surface area contributed by atoms with E-state index in [1.807, 2.05) is 95.3 Å². The van der Waals surface area contributed by atoms with Gasteiger partial charge in [-0.05, 0) is 105 Å². The van der Waals surface area contributed by atoms with E-state index in [0.717, 1.165) is 56.1 Å². The summed E-state index contributed by atoms with van der Waals surface area (Å²) in [5.74, 6) is -0.860. The number of alkyl carbamates (subject to hydrolysis) is 2. The van der Waals surface area contributed by atoms with Crippen LogP contribution in [0.25, 0.3) is 0 Å². The fraction of sp³-hybridized carbons (Fsp3) is 0.674. The van der Waals surface area contributed by atoms with Crippen molar-refractivity contribution in [2.75, 3.05) is 46.1 Å². The Balaban J connectivity index is 0.000000353. The summed E-state index contributed by atoms with van der Waals surface area (Å²) in [5.41, 5.74) is 6.38. The highest BCUT2D eigenvalue weighted by Gasteiger charge is 2.31. The number of hydrogen-bond donors (Lipinski definition) is 6. The molecule has 2 aliphatic rings. The number of benzene rings is 2. The van der Waals surface area contributed by atoms with Crippen LogP contribution in [0.5, 0.6) is 0 Å². The number of nitrogens with two attached hydrogens (primary N) is 1. The third-order valence-corrected chi connectivity index (χ3v) is 9.51. The second-order valence-electron chi connectivity index (χ2n) is 17.6. The van der Waals surface area contributed by atoms with Gasteiger partial charge in [-0.25, -0.2) is 9.59 Å². The minimum atomic E-state index is -0.817. The first-order valence-corrected chi connectivity index (χ1v) is 21.6. The van der Waals surface area contributed by atoms with Gasteiger partial charge in [-0.1, -0.05) is 60.7 Å². The van der Waals surface area contributed by atoms with Gasteiger partial charge in [-0.3, -0.25) is 0 Å². The van der Waals surface area contributed by atoms with Crippen LogP contribution in [0.1, 0.15) is 105 Å². The molecule has 7 N–H and O–H groups in total. The molecule has 2 unspecified atom stereocenters. The van der Waals surface area contributed by atoms with E-state index in [4.69, 9.17) is 34.2 Å². The number of nitrogens with one attached hydrogen (secondary N) is 3. The van der Waals surface area contributed by atoms with E-state index < -0.39 is 59.3 Å². The molecule has 4 rings (SSSR count). The first-order valence-electron chi connectivity index (χ1n) is 21.6. The van der Waals surface area contributed by atoms with E-state index in [9.17, 15) is 24.6 Å². The quantitative estimate of drug-likeness (QED) is 0.0712. The van der Waals surface area contributed by atoms with Crippen LogP contribution < -0.4 is 21.7 Å². The van der Waals surface area contributed by atoms with Crippen molar-refractivity contribution < 1.29 is 53.0 Å². The van der Waals surface area contributed by atoms with Crippen molar-refractivity contribution in [2.45, 2.75) is 154 Å². The molecule has 0 aromatic heterocycles. The van der Waals surface area contributed by atoms with Crippen molar-refractivity contribution in [3.05, 3.63) is 71.8 Å². The summed E-state index contributed by atoms with van der Waals surface area (Å²) in [7, 11) is 0. The summed E-state index contributed by atoms with van der Waals surface area (Å²) >= 11 is 0. The molecule has 15 heteroatoms. The monoisotopic (exact) mass is 861 g/mol. The third kappa shape index (κ3) is 24.5. The molecule has 2 amide bonds. The largest absolute Gasteiger partial charge is 0.444 e. The molecule has 346 valence electrons. The number of hydrogen-bond acceptors (Lipinski definition) is 13. The minimum absolute atomic E-state index is 0.0767. The summed E-state index contributed by atoms with van der Waals surface area (Å²) in [6, 6.07) is 18.5. The first kappa shape index (κ1) is 53.5. The highest BCUT2D eigenvalue weighted by atomic mass is 16.7. The molecule has 0 spiro atoms. The number of ether oxygens (including phenoxy) is 6. The van der Waals surface area contributed by atoms with E-state index in [0.29, 0.717) is 52.2 Å². The predicted molar refractivity (Wildman–Crippen MR) is 235 cm³/mol. The van der Waals surface area contributed by atoms with Crippen LogP contribution in [0.2, 0.25) is 0 Å². The highest BCUT2D eigenvalue weighted by molar-refractivity contribution is 5.68. The maximum absolute atomic E-state index is 12.2. The lowest BCUT2D eigenvalue weighted by Gasteiger charge is -2.27. The number of rotatable bonds is 20. The Bertz CT molecular complexity index is 1490. The number of aldehydes is 1. The van der Waals surface area contributed by atoms with Crippen LogP contribution >= 0.6 is 0 Å². The molecule has 0 saturated carbocycles. The Morgan fingerprint density at radius 1 is 0.705 bits per heavy atom. The van der Waals surface area contributed by atoms with Crippen LogP contribution in [0, 0.1) is 0 Å². The molecule has 2 fully saturated rings. The molecule has 0 bridgehead atoms. The maximum atomic E-state index is 12.2. The van der Waals surface area contributed by atoms with Gasteiger partial charge in [0.2, 0.25) is 0 Å². The molecule has 0 radical (unpaired) electrons. The Hall–Kier alpha value is -3.67. The second-order valence-corrected chi connectivity index (χ2v) is 17.6. The Kier molecular flexibility index (Phi) is 24.0. The second kappa shape index (κ2) is 27.4. The molecular formula is C46H76N4O11. The normalized spacial score (nSPS) is 17.6. The van der Waals surface area contributed by atoms with Crippen molar-refractivity contribution in [3.63, 3.8) is 0 Å². The molecule has 2 saturated heterocycles. The SMILES string of the molecule is CC(C)(C)OC(=O)N[C@@H](Cc1ccccc1)C(O)CN.CC(C)(C)OC(=O)N[C@@H](Cc1ccccc1)C(O)CNCCCCC1(C)OCCO1.CC1(CCCC=O)OCCO1. The number of unbranched alkanes of at least 4 members (excludes halogenated alkanes) is 2. The summed E-state index contributed by atoms with van der Waals surface area (Å²) < 4.78 is 32.5. The fourth-order valence-corrected chi connectivity index (χ4v) is 6.38. The summed E-state index contributed by atoms with van der Waals surface area (Å²) in [5, 5.41) is 29.4. The summed E-state index contributed by atoms with van der Waals surface area (Å²) in [4.78, 5) is 34.0. The number of amides is 2. The molecule has 4 atom stereocenters. The molecule has 2 aromatic carbocycles. The zero-order valence-electron chi connectivity index (χ0n) is 37.9. The zero-order valence-corrected chi connectivity index (χ0v) is 37.9. The van der Waals surface area contributed by atoms with Crippen LogP contribution in [-0.4, -0.2) is 122 Å². The van der Waals surface area contributed by atoms with Crippen molar-refractivity contribution in [3.8, 4) is 0 Å². The van der Waals surface area contributed by atoms with Gasteiger partial charge in [0.15, 0.2) is 11.6 Å². The average Bonchev–Trinajstić information content (AvgIpc) is 3.83. The molecule has 61 heavy (non-hydrogen) atoms. The number of aliphatic hydroxyl groups excluding tert-OH is 2. The number of carbonyl (C=O) groups excluding carboxylic acids is 3. The molecule has 15 nitrogen and oxygen atoms in total. The smallest absolute Gasteiger partial charge is 0.407 e.